The van der Waals surface area contributed by atoms with E-state index in [1.54, 1.807) is 0 Å². The maximum atomic E-state index is 13.8. The summed E-state index contributed by atoms with van der Waals surface area (Å²) < 4.78 is 4.12. The van der Waals surface area contributed by atoms with E-state index in [-0.39, 0.29) is 11.2 Å². The summed E-state index contributed by atoms with van der Waals surface area (Å²) in [7, 11) is 2.00. The molecule has 5 nitrogen and oxygen atoms in total. The third-order valence-electron chi connectivity index (χ3n) is 7.22. The first-order chi connectivity index (χ1) is 12.7. The number of pyridine rings is 1. The van der Waals surface area contributed by atoms with Crippen molar-refractivity contribution >= 4 is 11.0 Å². The van der Waals surface area contributed by atoms with Crippen LogP contribution in [0.2, 0.25) is 0 Å². The van der Waals surface area contributed by atoms with Crippen LogP contribution >= 0.6 is 0 Å². The van der Waals surface area contributed by atoms with E-state index in [1.807, 2.05) is 17.9 Å². The third kappa shape index (κ3) is 2.25. The minimum Gasteiger partial charge on any atom is -0.294 e. The van der Waals surface area contributed by atoms with Crippen LogP contribution in [0.5, 0.6) is 0 Å². The van der Waals surface area contributed by atoms with Crippen LogP contribution in [0.25, 0.3) is 11.0 Å². The zero-order chi connectivity index (χ0) is 17.7. The van der Waals surface area contributed by atoms with Crippen LogP contribution in [0.4, 0.5) is 0 Å². The molecule has 5 rings (SSSR count). The Morgan fingerprint density at radius 2 is 1.85 bits per heavy atom. The largest absolute Gasteiger partial charge is 0.294 e. The minimum atomic E-state index is -0.218. The molecule has 26 heavy (non-hydrogen) atoms. The molecule has 0 aromatic carbocycles. The fourth-order valence-corrected chi connectivity index (χ4v) is 5.99. The molecule has 1 saturated carbocycles. The van der Waals surface area contributed by atoms with Gasteiger partial charge in [-0.2, -0.15) is 5.10 Å². The second-order valence-electron chi connectivity index (χ2n) is 8.60. The van der Waals surface area contributed by atoms with E-state index in [1.165, 1.54) is 55.9 Å². The highest BCUT2D eigenvalue weighted by Gasteiger charge is 2.45. The molecule has 2 aliphatic carbocycles. The first-order valence-corrected chi connectivity index (χ1v) is 10.6. The van der Waals surface area contributed by atoms with Crippen molar-refractivity contribution in [3.63, 3.8) is 0 Å². The Morgan fingerprint density at radius 3 is 2.58 bits per heavy atom. The van der Waals surface area contributed by atoms with Gasteiger partial charge in [0.2, 0.25) is 0 Å². The predicted molar refractivity (Wildman–Crippen MR) is 103 cm³/mol. The summed E-state index contributed by atoms with van der Waals surface area (Å²) in [4.78, 5) is 13.8. The van der Waals surface area contributed by atoms with E-state index < -0.39 is 0 Å². The summed E-state index contributed by atoms with van der Waals surface area (Å²) in [5.74, 6) is 0.556. The Kier molecular flexibility index (Phi) is 3.96. The summed E-state index contributed by atoms with van der Waals surface area (Å²) in [6, 6.07) is 0. The van der Waals surface area contributed by atoms with E-state index in [4.69, 9.17) is 0 Å². The maximum absolute atomic E-state index is 13.8. The second-order valence-corrected chi connectivity index (χ2v) is 8.60. The highest BCUT2D eigenvalue weighted by atomic mass is 16.1. The highest BCUT2D eigenvalue weighted by molar-refractivity contribution is 5.81. The number of piperidine rings is 1. The molecule has 0 unspecified atom stereocenters. The van der Waals surface area contributed by atoms with Crippen molar-refractivity contribution in [3.8, 4) is 0 Å². The number of nitrogens with one attached hydrogen (secondary N) is 1. The van der Waals surface area contributed by atoms with Crippen molar-refractivity contribution in [2.75, 3.05) is 6.54 Å². The first-order valence-electron chi connectivity index (χ1n) is 10.6. The van der Waals surface area contributed by atoms with E-state index >= 15 is 0 Å². The van der Waals surface area contributed by atoms with Gasteiger partial charge in [-0.3, -0.25) is 19.4 Å². The molecule has 2 fully saturated rings. The fraction of sp³-hybridized carbons (Fsp3) is 0.714. The van der Waals surface area contributed by atoms with Crippen LogP contribution in [0.15, 0.2) is 11.0 Å². The Morgan fingerprint density at radius 1 is 1.08 bits per heavy atom. The van der Waals surface area contributed by atoms with Crippen LogP contribution in [0, 0.1) is 5.92 Å². The van der Waals surface area contributed by atoms with Crippen LogP contribution in [-0.2, 0) is 25.6 Å². The van der Waals surface area contributed by atoms with Crippen molar-refractivity contribution in [2.45, 2.75) is 76.3 Å². The maximum Gasteiger partial charge on any atom is 0.257 e. The lowest BCUT2D eigenvalue weighted by molar-refractivity contribution is 0.0795. The number of rotatable bonds is 2. The Balaban J connectivity index is 1.83. The number of aryl methyl sites for hydroxylation is 2. The van der Waals surface area contributed by atoms with Crippen LogP contribution in [-0.4, -0.2) is 20.9 Å². The Hall–Kier alpha value is -1.62. The molecule has 0 bridgehead atoms. The first kappa shape index (κ1) is 16.5. The second kappa shape index (κ2) is 6.22. The topological polar surface area (TPSA) is 51.9 Å². The lowest BCUT2D eigenvalue weighted by Crippen LogP contribution is -2.59. The average Bonchev–Trinajstić information content (AvgIpc) is 3.34. The van der Waals surface area contributed by atoms with Gasteiger partial charge >= 0.3 is 0 Å². The molecule has 2 aromatic heterocycles. The summed E-state index contributed by atoms with van der Waals surface area (Å²) in [5.41, 5.74) is 3.43. The van der Waals surface area contributed by atoms with Crippen molar-refractivity contribution < 1.29 is 0 Å². The van der Waals surface area contributed by atoms with Crippen molar-refractivity contribution in [1.29, 1.82) is 0 Å². The SMILES string of the molecule is Cn1ncc2c3c(c(=O)n([C@]4(C5CCCC5)CCCCN4)c21)CCCC3. The zero-order valence-corrected chi connectivity index (χ0v) is 15.9. The van der Waals surface area contributed by atoms with Gasteiger partial charge in [0.15, 0.2) is 0 Å². The Labute approximate surface area is 154 Å². The summed E-state index contributed by atoms with van der Waals surface area (Å²) in [6.07, 6.45) is 14.8. The van der Waals surface area contributed by atoms with E-state index in [9.17, 15) is 4.79 Å². The molecule has 3 aliphatic rings. The normalized spacial score (nSPS) is 27.1. The molecule has 140 valence electrons. The molecule has 1 N–H and O–H groups in total. The number of aromatic nitrogens is 3. The van der Waals surface area contributed by atoms with Crippen molar-refractivity contribution in [3.05, 3.63) is 27.7 Å². The molecular weight excluding hydrogens is 324 g/mol. The van der Waals surface area contributed by atoms with E-state index in [0.29, 0.717) is 5.92 Å². The van der Waals surface area contributed by atoms with Gasteiger partial charge in [0.05, 0.1) is 6.20 Å². The monoisotopic (exact) mass is 354 g/mol. The van der Waals surface area contributed by atoms with Gasteiger partial charge in [0.25, 0.3) is 5.56 Å². The van der Waals surface area contributed by atoms with Gasteiger partial charge in [-0.05, 0) is 75.8 Å². The standard InChI is InChI=1S/C21H30N4O/c1-24-19-18(14-23-24)16-10-4-5-11-17(16)20(26)25(19)21(12-6-7-13-22-21)15-8-2-3-9-15/h14-15,22H,2-13H2,1H3/t21-/m0/s1. The van der Waals surface area contributed by atoms with Gasteiger partial charge in [-0.15, -0.1) is 0 Å². The van der Waals surface area contributed by atoms with Gasteiger partial charge in [-0.25, -0.2) is 0 Å². The fourth-order valence-electron chi connectivity index (χ4n) is 5.99. The molecule has 5 heteroatoms. The van der Waals surface area contributed by atoms with Gasteiger partial charge in [-0.1, -0.05) is 12.8 Å². The van der Waals surface area contributed by atoms with E-state index in [0.717, 1.165) is 43.4 Å². The number of nitrogens with zero attached hydrogens (tertiary/aromatic N) is 3. The van der Waals surface area contributed by atoms with Gasteiger partial charge in [0, 0.05) is 18.0 Å². The molecule has 0 radical (unpaired) electrons. The zero-order valence-electron chi connectivity index (χ0n) is 15.9. The highest BCUT2D eigenvalue weighted by Crippen LogP contribution is 2.43. The van der Waals surface area contributed by atoms with Crippen molar-refractivity contribution in [2.24, 2.45) is 13.0 Å². The summed E-state index contributed by atoms with van der Waals surface area (Å²) in [6.45, 7) is 1.01. The quantitative estimate of drug-likeness (QED) is 0.901. The predicted octanol–water partition coefficient (Wildman–Crippen LogP) is 3.23. The third-order valence-corrected chi connectivity index (χ3v) is 7.22. The van der Waals surface area contributed by atoms with Crippen LogP contribution in [0.1, 0.15) is 68.9 Å². The molecule has 1 aliphatic heterocycles. The van der Waals surface area contributed by atoms with Crippen LogP contribution < -0.4 is 10.9 Å². The molecule has 0 amide bonds. The number of hydrogen-bond acceptors (Lipinski definition) is 3. The van der Waals surface area contributed by atoms with Crippen LogP contribution in [0.3, 0.4) is 0 Å². The lowest BCUT2D eigenvalue weighted by Gasteiger charge is -2.45. The molecule has 2 aromatic rings. The number of hydrogen-bond donors (Lipinski definition) is 1. The summed E-state index contributed by atoms with van der Waals surface area (Å²) in [5, 5.41) is 9.67. The Bertz CT molecular complexity index is 882. The van der Waals surface area contributed by atoms with Gasteiger partial charge < -0.3 is 0 Å². The molecule has 3 heterocycles. The molecule has 1 saturated heterocycles. The molecule has 0 spiro atoms. The lowest BCUT2D eigenvalue weighted by atomic mass is 9.82. The van der Waals surface area contributed by atoms with E-state index in [2.05, 4.69) is 15.0 Å². The summed E-state index contributed by atoms with van der Waals surface area (Å²) >= 11 is 0. The number of fused-ring (bicyclic) bond motifs is 3. The molecular formula is C21H30N4O. The van der Waals surface area contributed by atoms with Crippen molar-refractivity contribution in [1.82, 2.24) is 19.7 Å². The minimum absolute atomic E-state index is 0.218. The van der Waals surface area contributed by atoms with Gasteiger partial charge in [0.1, 0.15) is 11.3 Å². The average molecular weight is 354 g/mol. The molecule has 1 atom stereocenters. The smallest absolute Gasteiger partial charge is 0.257 e.